The largest absolute Gasteiger partial charge is 0.314 e. The van der Waals surface area contributed by atoms with Crippen LogP contribution in [-0.2, 0) is 23.1 Å². The van der Waals surface area contributed by atoms with Crippen LogP contribution >= 0.6 is 0 Å². The molecule has 8 heteroatoms. The van der Waals surface area contributed by atoms with Crippen LogP contribution in [0.15, 0.2) is 0 Å². The van der Waals surface area contributed by atoms with Crippen molar-refractivity contribution in [2.24, 2.45) is 0 Å². The predicted octanol–water partition coefficient (Wildman–Crippen LogP) is 1.81. The van der Waals surface area contributed by atoms with Crippen molar-refractivity contribution in [1.29, 1.82) is 0 Å². The van der Waals surface area contributed by atoms with Crippen LogP contribution in [0.2, 0.25) is 0 Å². The van der Waals surface area contributed by atoms with Gasteiger partial charge >= 0.3 is 0 Å². The lowest BCUT2D eigenvalue weighted by molar-refractivity contribution is 0.301. The highest BCUT2D eigenvalue weighted by Gasteiger charge is 2.32. The lowest BCUT2D eigenvalue weighted by atomic mass is 9.97. The summed E-state index contributed by atoms with van der Waals surface area (Å²) in [6, 6.07) is 0. The molecule has 3 rings (SSSR count). The summed E-state index contributed by atoms with van der Waals surface area (Å²) in [5.41, 5.74) is 0. The first kappa shape index (κ1) is 18.8. The molecule has 1 aromatic rings. The van der Waals surface area contributed by atoms with E-state index in [1.807, 2.05) is 0 Å². The zero-order valence-corrected chi connectivity index (χ0v) is 16.5. The second kappa shape index (κ2) is 7.72. The molecule has 3 heterocycles. The number of likely N-dealkylation sites (tertiary alicyclic amines) is 1. The molecule has 0 bridgehead atoms. The summed E-state index contributed by atoms with van der Waals surface area (Å²) in [5.74, 6) is 2.40. The summed E-state index contributed by atoms with van der Waals surface area (Å²) in [4.78, 5) is 2.44. The molecule has 2 aliphatic heterocycles. The molecule has 0 aromatic carbocycles. The second-order valence-electron chi connectivity index (χ2n) is 7.47. The molecule has 2 aliphatic rings. The van der Waals surface area contributed by atoms with Crippen molar-refractivity contribution in [1.82, 2.24) is 24.0 Å². The Morgan fingerprint density at radius 1 is 1.08 bits per heavy atom. The number of aromatic nitrogens is 3. The van der Waals surface area contributed by atoms with Crippen LogP contribution in [0.5, 0.6) is 0 Å². The lowest BCUT2D eigenvalue weighted by Crippen LogP contribution is -2.41. The van der Waals surface area contributed by atoms with E-state index < -0.39 is 10.0 Å². The summed E-state index contributed by atoms with van der Waals surface area (Å²) < 4.78 is 28.6. The predicted molar refractivity (Wildman–Crippen MR) is 97.8 cm³/mol. The average Bonchev–Trinajstić information content (AvgIpc) is 3.24. The minimum atomic E-state index is -3.15. The first-order valence-corrected chi connectivity index (χ1v) is 11.1. The topological polar surface area (TPSA) is 71.3 Å². The molecule has 2 saturated heterocycles. The zero-order valence-electron chi connectivity index (χ0n) is 15.7. The first-order chi connectivity index (χ1) is 11.9. The van der Waals surface area contributed by atoms with Gasteiger partial charge in [-0.25, -0.2) is 12.7 Å². The molecule has 0 radical (unpaired) electrons. The van der Waals surface area contributed by atoms with Crippen LogP contribution in [0.4, 0.5) is 0 Å². The molecule has 25 heavy (non-hydrogen) atoms. The Hall–Kier alpha value is -0.990. The van der Waals surface area contributed by atoms with Crippen molar-refractivity contribution < 1.29 is 8.42 Å². The summed E-state index contributed by atoms with van der Waals surface area (Å²) in [7, 11) is -3.15. The number of hydrogen-bond donors (Lipinski definition) is 0. The van der Waals surface area contributed by atoms with Gasteiger partial charge in [-0.1, -0.05) is 0 Å². The third-order valence-electron chi connectivity index (χ3n) is 5.51. The standard InChI is InChI=1S/C17H31N5O2S/c1-4-22-16(13-20-9-5-6-10-20)18-19-17(22)15-7-11-21(12-8-15)25(23,24)14(2)3/h14-15H,4-13H2,1-3H3. The van der Waals surface area contributed by atoms with E-state index in [9.17, 15) is 8.42 Å². The number of rotatable bonds is 6. The smallest absolute Gasteiger partial charge is 0.216 e. The molecule has 0 unspecified atom stereocenters. The summed E-state index contributed by atoms with van der Waals surface area (Å²) >= 11 is 0. The zero-order chi connectivity index (χ0) is 18.0. The van der Waals surface area contributed by atoms with Gasteiger partial charge in [-0.3, -0.25) is 4.90 Å². The molecule has 0 amide bonds. The third kappa shape index (κ3) is 3.90. The maximum absolute atomic E-state index is 12.3. The van der Waals surface area contributed by atoms with E-state index in [0.717, 1.165) is 50.7 Å². The number of piperidine rings is 1. The Morgan fingerprint density at radius 3 is 2.28 bits per heavy atom. The van der Waals surface area contributed by atoms with E-state index in [-0.39, 0.29) is 5.25 Å². The number of hydrogen-bond acceptors (Lipinski definition) is 5. The van der Waals surface area contributed by atoms with Crippen molar-refractivity contribution in [3.05, 3.63) is 11.6 Å². The molecule has 0 saturated carbocycles. The minimum absolute atomic E-state index is 0.304. The highest BCUT2D eigenvalue weighted by molar-refractivity contribution is 7.89. The van der Waals surface area contributed by atoms with Gasteiger partial charge in [0, 0.05) is 25.6 Å². The Morgan fingerprint density at radius 2 is 1.72 bits per heavy atom. The lowest BCUT2D eigenvalue weighted by Gasteiger charge is -2.32. The van der Waals surface area contributed by atoms with Crippen LogP contribution < -0.4 is 0 Å². The quantitative estimate of drug-likeness (QED) is 0.765. The van der Waals surface area contributed by atoms with E-state index in [2.05, 4.69) is 26.6 Å². The second-order valence-corrected chi connectivity index (χ2v) is 9.96. The van der Waals surface area contributed by atoms with Crippen molar-refractivity contribution in [2.45, 2.75) is 70.7 Å². The molecule has 2 fully saturated rings. The van der Waals surface area contributed by atoms with Gasteiger partial charge in [-0.15, -0.1) is 10.2 Å². The Bertz CT molecular complexity index is 671. The Kier molecular flexibility index (Phi) is 5.80. The molecule has 0 aliphatic carbocycles. The Labute approximate surface area is 151 Å². The van der Waals surface area contributed by atoms with Gasteiger partial charge in [0.1, 0.15) is 11.6 Å². The van der Waals surface area contributed by atoms with Crippen molar-refractivity contribution in [3.8, 4) is 0 Å². The van der Waals surface area contributed by atoms with Crippen LogP contribution in [0.25, 0.3) is 0 Å². The van der Waals surface area contributed by atoms with Gasteiger partial charge in [-0.05, 0) is 59.5 Å². The first-order valence-electron chi connectivity index (χ1n) is 9.56. The van der Waals surface area contributed by atoms with Crippen molar-refractivity contribution in [3.63, 3.8) is 0 Å². The molecule has 7 nitrogen and oxygen atoms in total. The third-order valence-corrected chi connectivity index (χ3v) is 7.79. The highest BCUT2D eigenvalue weighted by Crippen LogP contribution is 2.29. The fourth-order valence-corrected chi connectivity index (χ4v) is 5.24. The SMILES string of the molecule is CCn1c(CN2CCCC2)nnc1C1CCN(S(=O)(=O)C(C)C)CC1. The van der Waals surface area contributed by atoms with Crippen LogP contribution in [0.1, 0.15) is 64.0 Å². The monoisotopic (exact) mass is 369 g/mol. The van der Waals surface area contributed by atoms with E-state index in [1.165, 1.54) is 12.8 Å². The maximum Gasteiger partial charge on any atom is 0.216 e. The van der Waals surface area contributed by atoms with Gasteiger partial charge in [0.25, 0.3) is 0 Å². The van der Waals surface area contributed by atoms with Crippen LogP contribution in [0.3, 0.4) is 0 Å². The fourth-order valence-electron chi connectivity index (χ4n) is 3.92. The minimum Gasteiger partial charge on any atom is -0.314 e. The van der Waals surface area contributed by atoms with Gasteiger partial charge in [0.15, 0.2) is 0 Å². The molecule has 0 N–H and O–H groups in total. The molecule has 1 aromatic heterocycles. The van der Waals surface area contributed by atoms with E-state index in [4.69, 9.17) is 0 Å². The molecule has 142 valence electrons. The summed E-state index contributed by atoms with van der Waals surface area (Å²) in [5, 5.41) is 8.60. The Balaban J connectivity index is 1.68. The fraction of sp³-hybridized carbons (Fsp3) is 0.882. The average molecular weight is 370 g/mol. The summed E-state index contributed by atoms with van der Waals surface area (Å²) in [6.07, 6.45) is 4.20. The van der Waals surface area contributed by atoms with Crippen molar-refractivity contribution in [2.75, 3.05) is 26.2 Å². The number of nitrogens with zero attached hydrogens (tertiary/aromatic N) is 5. The van der Waals surface area contributed by atoms with Crippen LogP contribution in [0, 0.1) is 0 Å². The van der Waals surface area contributed by atoms with Gasteiger partial charge < -0.3 is 4.57 Å². The molecule has 0 atom stereocenters. The molecular formula is C17H31N5O2S. The normalized spacial score (nSPS) is 21.4. The van der Waals surface area contributed by atoms with E-state index in [0.29, 0.717) is 19.0 Å². The van der Waals surface area contributed by atoms with Gasteiger partial charge in [0.05, 0.1) is 11.8 Å². The van der Waals surface area contributed by atoms with Crippen molar-refractivity contribution >= 4 is 10.0 Å². The number of sulfonamides is 1. The molecule has 0 spiro atoms. The molecular weight excluding hydrogens is 338 g/mol. The summed E-state index contributed by atoms with van der Waals surface area (Å²) in [6.45, 7) is 10.9. The van der Waals surface area contributed by atoms with Crippen LogP contribution in [-0.4, -0.2) is 63.8 Å². The van der Waals surface area contributed by atoms with E-state index in [1.54, 1.807) is 18.2 Å². The maximum atomic E-state index is 12.3. The van der Waals surface area contributed by atoms with Gasteiger partial charge in [0.2, 0.25) is 10.0 Å². The highest BCUT2D eigenvalue weighted by atomic mass is 32.2. The van der Waals surface area contributed by atoms with E-state index >= 15 is 0 Å². The van der Waals surface area contributed by atoms with Gasteiger partial charge in [-0.2, -0.15) is 0 Å².